The van der Waals surface area contributed by atoms with Gasteiger partial charge in [-0.3, -0.25) is 4.79 Å². The zero-order valence-corrected chi connectivity index (χ0v) is 13.7. The second-order valence-corrected chi connectivity index (χ2v) is 5.49. The fourth-order valence-electron chi connectivity index (χ4n) is 2.02. The summed E-state index contributed by atoms with van der Waals surface area (Å²) in [5.41, 5.74) is 1.06. The highest BCUT2D eigenvalue weighted by Gasteiger charge is 2.21. The molecule has 0 aliphatic rings. The first-order valence-corrected chi connectivity index (χ1v) is 7.49. The van der Waals surface area contributed by atoms with Crippen molar-refractivity contribution >= 4 is 23.4 Å². The minimum atomic E-state index is -0.457. The lowest BCUT2D eigenvalue weighted by atomic mass is 10.2. The van der Waals surface area contributed by atoms with E-state index < -0.39 is 5.97 Å². The van der Waals surface area contributed by atoms with Crippen LogP contribution in [0.15, 0.2) is 10.5 Å². The molecule has 0 aliphatic carbocycles. The fourth-order valence-corrected chi connectivity index (χ4v) is 2.76. The monoisotopic (exact) mass is 323 g/mol. The third-order valence-electron chi connectivity index (χ3n) is 3.20. The Labute approximate surface area is 132 Å². The summed E-state index contributed by atoms with van der Waals surface area (Å²) >= 11 is 1.08. The van der Waals surface area contributed by atoms with E-state index in [2.05, 4.69) is 14.3 Å². The summed E-state index contributed by atoms with van der Waals surface area (Å²) in [6.45, 7) is 3.85. The quantitative estimate of drug-likeness (QED) is 0.783. The minimum absolute atomic E-state index is 0.166. The van der Waals surface area contributed by atoms with Crippen molar-refractivity contribution in [1.82, 2.24) is 14.5 Å². The molecule has 0 saturated heterocycles. The molecule has 0 saturated carbocycles. The molecule has 7 nitrogen and oxygen atoms in total. The van der Waals surface area contributed by atoms with Crippen LogP contribution in [0.2, 0.25) is 0 Å². The van der Waals surface area contributed by atoms with Crippen LogP contribution >= 0.6 is 11.5 Å². The van der Waals surface area contributed by atoms with E-state index in [-0.39, 0.29) is 12.5 Å². The minimum Gasteiger partial charge on any atom is -0.465 e. The Bertz CT molecular complexity index is 692. The molecule has 0 aliphatic heterocycles. The summed E-state index contributed by atoms with van der Waals surface area (Å²) in [6.07, 6.45) is 0.651. The molecule has 0 spiro atoms. The average Bonchev–Trinajstić information content (AvgIpc) is 3.11. The zero-order chi connectivity index (χ0) is 16.3. The van der Waals surface area contributed by atoms with Gasteiger partial charge in [-0.05, 0) is 30.9 Å². The number of hydrogen-bond acceptors (Lipinski definition) is 7. The number of furan rings is 1. The van der Waals surface area contributed by atoms with Crippen LogP contribution in [0.25, 0.3) is 0 Å². The summed E-state index contributed by atoms with van der Waals surface area (Å²) in [5.74, 6) is 0.364. The number of nitrogens with zero attached hydrogens (tertiary/aromatic N) is 3. The van der Waals surface area contributed by atoms with Crippen LogP contribution in [-0.4, -0.2) is 40.5 Å². The Kier molecular flexibility index (Phi) is 4.92. The first-order chi connectivity index (χ1) is 10.5. The first kappa shape index (κ1) is 16.2. The van der Waals surface area contributed by atoms with Gasteiger partial charge in [-0.25, -0.2) is 4.79 Å². The fraction of sp³-hybridized carbons (Fsp3) is 0.429. The third-order valence-corrected chi connectivity index (χ3v) is 3.95. The van der Waals surface area contributed by atoms with Gasteiger partial charge in [0.2, 0.25) is 0 Å². The Balaban J connectivity index is 2.13. The maximum Gasteiger partial charge on any atom is 0.341 e. The summed E-state index contributed by atoms with van der Waals surface area (Å²) in [4.78, 5) is 26.0. The molecule has 8 heteroatoms. The van der Waals surface area contributed by atoms with E-state index in [0.29, 0.717) is 34.1 Å². The molecule has 0 atom stereocenters. The largest absolute Gasteiger partial charge is 0.465 e. The maximum absolute atomic E-state index is 12.4. The Morgan fingerprint density at radius 2 is 2.18 bits per heavy atom. The lowest BCUT2D eigenvalue weighted by Crippen LogP contribution is -2.26. The number of carbonyl (C=O) groups excluding carboxylic acids is 2. The van der Waals surface area contributed by atoms with Gasteiger partial charge < -0.3 is 14.1 Å². The van der Waals surface area contributed by atoms with Crippen LogP contribution in [0.4, 0.5) is 0 Å². The predicted molar refractivity (Wildman–Crippen MR) is 79.9 cm³/mol. The SMILES string of the molecule is CCc1nnsc1C(=O)N(C)Cc1cc(C(=O)OC)c(C)o1. The number of methoxy groups -OCH3 is 1. The van der Waals surface area contributed by atoms with Crippen LogP contribution < -0.4 is 0 Å². The number of hydrogen-bond donors (Lipinski definition) is 0. The van der Waals surface area contributed by atoms with Crippen LogP contribution in [0.1, 0.15) is 44.2 Å². The van der Waals surface area contributed by atoms with E-state index in [1.54, 1.807) is 20.0 Å². The molecule has 2 aromatic heterocycles. The smallest absolute Gasteiger partial charge is 0.341 e. The molecular weight excluding hydrogens is 306 g/mol. The van der Waals surface area contributed by atoms with E-state index >= 15 is 0 Å². The standard InChI is InChI=1S/C14H17N3O4S/c1-5-11-12(22-16-15-11)13(18)17(3)7-9-6-10(8(2)21-9)14(19)20-4/h6H,5,7H2,1-4H3. The number of esters is 1. The topological polar surface area (TPSA) is 85.5 Å². The average molecular weight is 323 g/mol. The third kappa shape index (κ3) is 3.16. The molecule has 1 amide bonds. The van der Waals surface area contributed by atoms with Gasteiger partial charge in [0.05, 0.1) is 19.3 Å². The lowest BCUT2D eigenvalue weighted by Gasteiger charge is -2.14. The van der Waals surface area contributed by atoms with Gasteiger partial charge in [0, 0.05) is 7.05 Å². The highest BCUT2D eigenvalue weighted by Crippen LogP contribution is 2.19. The molecule has 0 aromatic carbocycles. The van der Waals surface area contributed by atoms with Crippen molar-refractivity contribution in [2.24, 2.45) is 0 Å². The molecule has 0 bridgehead atoms. The molecule has 0 fully saturated rings. The second kappa shape index (κ2) is 6.69. The Hall–Kier alpha value is -2.22. The van der Waals surface area contributed by atoms with E-state index in [0.717, 1.165) is 11.5 Å². The lowest BCUT2D eigenvalue weighted by molar-refractivity contribution is 0.0598. The molecule has 0 radical (unpaired) electrons. The molecule has 0 N–H and O–H groups in total. The normalized spacial score (nSPS) is 10.5. The highest BCUT2D eigenvalue weighted by molar-refractivity contribution is 7.07. The number of carbonyl (C=O) groups is 2. The molecule has 22 heavy (non-hydrogen) atoms. The van der Waals surface area contributed by atoms with Gasteiger partial charge in [-0.1, -0.05) is 11.4 Å². The van der Waals surface area contributed by atoms with Gasteiger partial charge in [0.1, 0.15) is 22.0 Å². The Morgan fingerprint density at radius 1 is 1.45 bits per heavy atom. The van der Waals surface area contributed by atoms with Crippen molar-refractivity contribution < 1.29 is 18.7 Å². The van der Waals surface area contributed by atoms with Crippen LogP contribution in [0.3, 0.4) is 0 Å². The summed E-state index contributed by atoms with van der Waals surface area (Å²) in [6, 6.07) is 1.59. The number of aryl methyl sites for hydroxylation is 2. The van der Waals surface area contributed by atoms with Crippen molar-refractivity contribution in [2.45, 2.75) is 26.8 Å². The molecule has 118 valence electrons. The van der Waals surface area contributed by atoms with Crippen LogP contribution in [0, 0.1) is 6.92 Å². The van der Waals surface area contributed by atoms with Crippen molar-refractivity contribution in [3.8, 4) is 0 Å². The van der Waals surface area contributed by atoms with Crippen LogP contribution in [-0.2, 0) is 17.7 Å². The van der Waals surface area contributed by atoms with Gasteiger partial charge in [0.25, 0.3) is 5.91 Å². The first-order valence-electron chi connectivity index (χ1n) is 6.72. The highest BCUT2D eigenvalue weighted by atomic mass is 32.1. The number of aromatic nitrogens is 2. The molecule has 0 unspecified atom stereocenters. The van der Waals surface area contributed by atoms with Crippen molar-refractivity contribution in [3.63, 3.8) is 0 Å². The summed E-state index contributed by atoms with van der Waals surface area (Å²) in [5, 5.41) is 3.93. The summed E-state index contributed by atoms with van der Waals surface area (Å²) < 4.78 is 14.0. The molecule has 2 heterocycles. The number of ether oxygens (including phenoxy) is 1. The van der Waals surface area contributed by atoms with Crippen molar-refractivity contribution in [1.29, 1.82) is 0 Å². The summed E-state index contributed by atoms with van der Waals surface area (Å²) in [7, 11) is 2.98. The van der Waals surface area contributed by atoms with E-state index in [4.69, 9.17) is 4.42 Å². The predicted octanol–water partition coefficient (Wildman–Crippen LogP) is 2.06. The molecule has 2 aromatic rings. The van der Waals surface area contributed by atoms with Gasteiger partial charge in [-0.15, -0.1) is 5.10 Å². The Morgan fingerprint density at radius 3 is 2.82 bits per heavy atom. The molecule has 2 rings (SSSR count). The van der Waals surface area contributed by atoms with Crippen molar-refractivity contribution in [3.05, 3.63) is 33.7 Å². The van der Waals surface area contributed by atoms with E-state index in [1.165, 1.54) is 12.0 Å². The van der Waals surface area contributed by atoms with Gasteiger partial charge in [-0.2, -0.15) is 0 Å². The van der Waals surface area contributed by atoms with E-state index in [1.807, 2.05) is 6.92 Å². The second-order valence-electron chi connectivity index (χ2n) is 4.74. The zero-order valence-electron chi connectivity index (χ0n) is 12.9. The van der Waals surface area contributed by atoms with Gasteiger partial charge in [0.15, 0.2) is 0 Å². The van der Waals surface area contributed by atoms with Crippen LogP contribution in [0.5, 0.6) is 0 Å². The van der Waals surface area contributed by atoms with E-state index in [9.17, 15) is 9.59 Å². The van der Waals surface area contributed by atoms with Crippen molar-refractivity contribution in [2.75, 3.05) is 14.2 Å². The maximum atomic E-state index is 12.4. The number of amides is 1. The molecular formula is C14H17N3O4S. The number of rotatable bonds is 5. The van der Waals surface area contributed by atoms with Gasteiger partial charge >= 0.3 is 5.97 Å².